The third kappa shape index (κ3) is 3.96. The van der Waals surface area contributed by atoms with E-state index in [1.54, 1.807) is 18.2 Å². The quantitative estimate of drug-likeness (QED) is 0.718. The third-order valence-electron chi connectivity index (χ3n) is 3.88. The zero-order chi connectivity index (χ0) is 18.6. The van der Waals surface area contributed by atoms with Gasteiger partial charge in [-0.15, -0.1) is 11.6 Å². The van der Waals surface area contributed by atoms with E-state index in [4.69, 9.17) is 25.5 Å². The van der Waals surface area contributed by atoms with Crippen LogP contribution in [0.25, 0.3) is 0 Å². The molecule has 0 aliphatic carbocycles. The van der Waals surface area contributed by atoms with Crippen molar-refractivity contribution in [3.05, 3.63) is 42.4 Å². The van der Waals surface area contributed by atoms with Crippen molar-refractivity contribution in [1.82, 2.24) is 5.32 Å². The second-order valence-electron chi connectivity index (χ2n) is 5.60. The molecule has 0 saturated heterocycles. The molecule has 3 rings (SSSR count). The van der Waals surface area contributed by atoms with Crippen LogP contribution in [0, 0.1) is 0 Å². The Balaban J connectivity index is 1.90. The summed E-state index contributed by atoms with van der Waals surface area (Å²) < 4.78 is 42.5. The van der Waals surface area contributed by atoms with E-state index in [-0.39, 0.29) is 35.4 Å². The first-order chi connectivity index (χ1) is 12.5. The molecule has 2 aromatic rings. The molecule has 0 radical (unpaired) electrons. The zero-order valence-corrected chi connectivity index (χ0v) is 15.4. The Morgan fingerprint density at radius 3 is 2.65 bits per heavy atom. The number of hydrogen-bond donors (Lipinski definition) is 1. The highest BCUT2D eigenvalue weighted by Gasteiger charge is 2.32. The molecular formula is C17H18ClNO6S. The first-order valence-corrected chi connectivity index (χ1v) is 10.1. The number of amides is 1. The van der Waals surface area contributed by atoms with Crippen LogP contribution in [0.2, 0.25) is 0 Å². The molecule has 2 heterocycles. The van der Waals surface area contributed by atoms with Gasteiger partial charge in [0, 0.05) is 24.9 Å². The van der Waals surface area contributed by atoms with Crippen molar-refractivity contribution < 1.29 is 27.1 Å². The molecule has 1 atom stereocenters. The second kappa shape index (κ2) is 8.01. The van der Waals surface area contributed by atoms with Gasteiger partial charge in [0.1, 0.15) is 24.2 Å². The Labute approximate surface area is 156 Å². The molecule has 0 fully saturated rings. The summed E-state index contributed by atoms with van der Waals surface area (Å²) in [5.74, 6) is 0.952. The number of fused-ring (bicyclic) bond motifs is 1. The summed E-state index contributed by atoms with van der Waals surface area (Å²) in [6.45, 7) is 0.646. The van der Waals surface area contributed by atoms with Gasteiger partial charge in [0.2, 0.25) is 5.91 Å². The molecular weight excluding hydrogens is 382 g/mol. The van der Waals surface area contributed by atoms with E-state index >= 15 is 0 Å². The lowest BCUT2D eigenvalue weighted by atomic mass is 10.3. The summed E-state index contributed by atoms with van der Waals surface area (Å²) in [4.78, 5) is 11.8. The van der Waals surface area contributed by atoms with Gasteiger partial charge in [0.25, 0.3) is 0 Å². The Morgan fingerprint density at radius 2 is 1.96 bits per heavy atom. The lowest BCUT2D eigenvalue weighted by molar-refractivity contribution is -0.120. The molecule has 1 aliphatic heterocycles. The van der Waals surface area contributed by atoms with E-state index in [0.717, 1.165) is 0 Å². The number of furan rings is 1. The highest BCUT2D eigenvalue weighted by molar-refractivity contribution is 7.91. The van der Waals surface area contributed by atoms with E-state index in [1.165, 1.54) is 18.4 Å². The Hall–Kier alpha value is -2.19. The summed E-state index contributed by atoms with van der Waals surface area (Å²) in [6, 6.07) is 7.61. The van der Waals surface area contributed by atoms with Crippen LogP contribution < -0.4 is 14.8 Å². The van der Waals surface area contributed by atoms with E-state index in [2.05, 4.69) is 5.32 Å². The van der Waals surface area contributed by atoms with Gasteiger partial charge in [-0.05, 0) is 24.3 Å². The van der Waals surface area contributed by atoms with Crippen molar-refractivity contribution >= 4 is 27.3 Å². The molecule has 9 heteroatoms. The predicted molar refractivity (Wildman–Crippen MR) is 94.4 cm³/mol. The minimum Gasteiger partial charge on any atom is -0.486 e. The molecule has 140 valence electrons. The average Bonchev–Trinajstić information content (AvgIpc) is 3.15. The van der Waals surface area contributed by atoms with Crippen molar-refractivity contribution in [3.8, 4) is 11.5 Å². The second-order valence-corrected chi connectivity index (χ2v) is 8.11. The van der Waals surface area contributed by atoms with Crippen molar-refractivity contribution in [1.29, 1.82) is 0 Å². The predicted octanol–water partition coefficient (Wildman–Crippen LogP) is 2.31. The van der Waals surface area contributed by atoms with Gasteiger partial charge in [-0.2, -0.15) is 0 Å². The Morgan fingerprint density at radius 1 is 1.19 bits per heavy atom. The van der Waals surface area contributed by atoms with E-state index < -0.39 is 15.1 Å². The number of rotatable bonds is 7. The fourth-order valence-electron chi connectivity index (χ4n) is 2.58. The van der Waals surface area contributed by atoms with Crippen LogP contribution in [0.5, 0.6) is 11.5 Å². The molecule has 1 amide bonds. The molecule has 0 unspecified atom stereocenters. The number of nitrogens with one attached hydrogen (secondary N) is 1. The van der Waals surface area contributed by atoms with Crippen molar-refractivity contribution in [2.24, 2.45) is 0 Å². The molecule has 1 N–H and O–H groups in total. The van der Waals surface area contributed by atoms with Crippen LogP contribution >= 0.6 is 11.6 Å². The zero-order valence-electron chi connectivity index (χ0n) is 13.8. The molecule has 0 bridgehead atoms. The normalized spacial score (nSPS) is 14.7. The van der Waals surface area contributed by atoms with Gasteiger partial charge in [0.05, 0.1) is 11.2 Å². The summed E-state index contributed by atoms with van der Waals surface area (Å²) in [7, 11) is -3.85. The van der Waals surface area contributed by atoms with Gasteiger partial charge in [-0.1, -0.05) is 0 Å². The van der Waals surface area contributed by atoms with Gasteiger partial charge in [-0.25, -0.2) is 8.42 Å². The average molecular weight is 400 g/mol. The lowest BCUT2D eigenvalue weighted by Crippen LogP contribution is -2.32. The van der Waals surface area contributed by atoms with Crippen LogP contribution in [0.15, 0.2) is 45.9 Å². The standard InChI is InChI=1S/C17H18ClNO6S/c18-6-5-17(20)19-11-16(14-2-1-7-23-14)26(21,22)12-3-4-13-15(10-12)25-9-8-24-13/h1-4,7,10,16H,5-6,8-9,11H2,(H,19,20)/t16-/m0/s1. The number of halogens is 1. The number of sulfone groups is 1. The number of carbonyl (C=O) groups is 1. The SMILES string of the molecule is O=C(CCCl)NC[C@@H](c1ccco1)S(=O)(=O)c1ccc2c(c1)OCCO2. The van der Waals surface area contributed by atoms with Gasteiger partial charge >= 0.3 is 0 Å². The molecule has 0 spiro atoms. The number of ether oxygens (including phenoxy) is 2. The van der Waals surface area contributed by atoms with Crippen LogP contribution in [-0.4, -0.2) is 40.0 Å². The molecule has 1 aromatic carbocycles. The highest BCUT2D eigenvalue weighted by atomic mass is 35.5. The van der Waals surface area contributed by atoms with Crippen LogP contribution in [0.4, 0.5) is 0 Å². The van der Waals surface area contributed by atoms with Crippen molar-refractivity contribution in [3.63, 3.8) is 0 Å². The van der Waals surface area contributed by atoms with E-state index in [9.17, 15) is 13.2 Å². The summed E-state index contributed by atoms with van der Waals surface area (Å²) >= 11 is 5.54. The topological polar surface area (TPSA) is 94.8 Å². The third-order valence-corrected chi connectivity index (χ3v) is 6.13. The molecule has 1 aliphatic rings. The summed E-state index contributed by atoms with van der Waals surface area (Å²) in [5.41, 5.74) is 0. The maximum atomic E-state index is 13.2. The number of carbonyl (C=O) groups excluding carboxylic acids is 1. The fraction of sp³-hybridized carbons (Fsp3) is 0.353. The minimum atomic E-state index is -3.85. The number of alkyl halides is 1. The van der Waals surface area contributed by atoms with Crippen LogP contribution in [0.3, 0.4) is 0 Å². The largest absolute Gasteiger partial charge is 0.486 e. The monoisotopic (exact) mass is 399 g/mol. The Kier molecular flexibility index (Phi) is 5.73. The molecule has 0 saturated carbocycles. The fourth-order valence-corrected chi connectivity index (χ4v) is 4.36. The lowest BCUT2D eigenvalue weighted by Gasteiger charge is -2.21. The highest BCUT2D eigenvalue weighted by Crippen LogP contribution is 2.36. The molecule has 1 aromatic heterocycles. The maximum absolute atomic E-state index is 13.2. The van der Waals surface area contributed by atoms with Crippen molar-refractivity contribution in [2.45, 2.75) is 16.6 Å². The van der Waals surface area contributed by atoms with Gasteiger partial charge < -0.3 is 19.2 Å². The van der Waals surface area contributed by atoms with E-state index in [1.807, 2.05) is 0 Å². The van der Waals surface area contributed by atoms with Gasteiger partial charge in [0.15, 0.2) is 21.3 Å². The minimum absolute atomic E-state index is 0.0646. The first kappa shape index (κ1) is 18.6. The summed E-state index contributed by atoms with van der Waals surface area (Å²) in [6.07, 6.45) is 1.50. The van der Waals surface area contributed by atoms with Crippen molar-refractivity contribution in [2.75, 3.05) is 25.6 Å². The molecule has 26 heavy (non-hydrogen) atoms. The van der Waals surface area contributed by atoms with Crippen LogP contribution in [0.1, 0.15) is 17.4 Å². The van der Waals surface area contributed by atoms with Gasteiger partial charge in [-0.3, -0.25) is 4.79 Å². The van der Waals surface area contributed by atoms with E-state index in [0.29, 0.717) is 24.7 Å². The van der Waals surface area contributed by atoms with Crippen LogP contribution in [-0.2, 0) is 14.6 Å². The number of benzene rings is 1. The smallest absolute Gasteiger partial charge is 0.221 e. The molecule has 7 nitrogen and oxygen atoms in total. The number of hydrogen-bond acceptors (Lipinski definition) is 6. The maximum Gasteiger partial charge on any atom is 0.221 e. The summed E-state index contributed by atoms with van der Waals surface area (Å²) in [5, 5.41) is 1.52. The Bertz CT molecular complexity index is 865. The first-order valence-electron chi connectivity index (χ1n) is 8.02.